The summed E-state index contributed by atoms with van der Waals surface area (Å²) in [4.78, 5) is 0. The second-order valence-electron chi connectivity index (χ2n) is 5.82. The summed E-state index contributed by atoms with van der Waals surface area (Å²) in [5, 5.41) is 0. The third-order valence-corrected chi connectivity index (χ3v) is 4.16. The molecule has 2 aliphatic rings. The van der Waals surface area contributed by atoms with Gasteiger partial charge in [0.2, 0.25) is 0 Å². The van der Waals surface area contributed by atoms with Gasteiger partial charge in [-0.1, -0.05) is 59.9 Å². The molecule has 0 nitrogen and oxygen atoms in total. The number of hydrogen-bond donors (Lipinski definition) is 0. The molecule has 0 aliphatic heterocycles. The quantitative estimate of drug-likeness (QED) is 0.609. The molecule has 0 fully saturated rings. The minimum Gasteiger partial charge on any atom is -0.0692 e. The molecule has 0 N–H and O–H groups in total. The third-order valence-electron chi connectivity index (χ3n) is 4.16. The molecule has 0 amide bonds. The van der Waals surface area contributed by atoms with Crippen molar-refractivity contribution < 1.29 is 0 Å². The first kappa shape index (κ1) is 11.4. The molecule has 0 saturated carbocycles. The Morgan fingerprint density at radius 1 is 0.938 bits per heavy atom. The molecule has 0 heteroatoms. The van der Waals surface area contributed by atoms with Crippen molar-refractivity contribution in [1.82, 2.24) is 0 Å². The first-order valence-corrected chi connectivity index (χ1v) is 6.15. The molecule has 0 atom stereocenters. The maximum absolute atomic E-state index is 2.39. The standard InChI is InChI=1S/C16H22/c1-11-6-7-14(8-11)16(4,5)15-9-12(2)13(3)10-15/h6-7,9H,8,10H2,1-5H3. The summed E-state index contributed by atoms with van der Waals surface area (Å²) < 4.78 is 0. The lowest BCUT2D eigenvalue weighted by Crippen LogP contribution is -2.16. The van der Waals surface area contributed by atoms with Crippen molar-refractivity contribution in [3.63, 3.8) is 0 Å². The van der Waals surface area contributed by atoms with Gasteiger partial charge in [0, 0.05) is 5.41 Å². The van der Waals surface area contributed by atoms with Crippen molar-refractivity contribution in [2.45, 2.75) is 47.5 Å². The fourth-order valence-electron chi connectivity index (χ4n) is 2.56. The van der Waals surface area contributed by atoms with E-state index in [-0.39, 0.29) is 5.41 Å². The van der Waals surface area contributed by atoms with E-state index in [1.165, 1.54) is 16.7 Å². The van der Waals surface area contributed by atoms with Gasteiger partial charge in [0.25, 0.3) is 0 Å². The van der Waals surface area contributed by atoms with E-state index in [1.54, 1.807) is 11.1 Å². The predicted molar refractivity (Wildman–Crippen MR) is 71.3 cm³/mol. The summed E-state index contributed by atoms with van der Waals surface area (Å²) >= 11 is 0. The molecule has 0 aromatic rings. The molecule has 0 unspecified atom stereocenters. The minimum atomic E-state index is 0.229. The Hall–Kier alpha value is -1.04. The number of rotatable bonds is 2. The van der Waals surface area contributed by atoms with E-state index in [9.17, 15) is 0 Å². The highest BCUT2D eigenvalue weighted by Gasteiger charge is 2.30. The first-order valence-electron chi connectivity index (χ1n) is 6.15. The van der Waals surface area contributed by atoms with Crippen molar-refractivity contribution in [1.29, 1.82) is 0 Å². The zero-order valence-corrected chi connectivity index (χ0v) is 11.1. The maximum Gasteiger partial charge on any atom is 0.00767 e. The molecule has 0 radical (unpaired) electrons. The van der Waals surface area contributed by atoms with Gasteiger partial charge >= 0.3 is 0 Å². The second-order valence-corrected chi connectivity index (χ2v) is 5.82. The molecule has 0 saturated heterocycles. The summed E-state index contributed by atoms with van der Waals surface area (Å²) in [5.74, 6) is 0. The van der Waals surface area contributed by atoms with Crippen molar-refractivity contribution in [3.05, 3.63) is 46.1 Å². The largest absolute Gasteiger partial charge is 0.0692 e. The van der Waals surface area contributed by atoms with Crippen LogP contribution >= 0.6 is 0 Å². The second kappa shape index (κ2) is 3.76. The van der Waals surface area contributed by atoms with Crippen LogP contribution in [0.25, 0.3) is 0 Å². The Bertz CT molecular complexity index is 437. The van der Waals surface area contributed by atoms with E-state index in [0.29, 0.717) is 0 Å². The molecule has 0 heterocycles. The van der Waals surface area contributed by atoms with Gasteiger partial charge in [-0.3, -0.25) is 0 Å². The van der Waals surface area contributed by atoms with Gasteiger partial charge in [-0.05, 0) is 33.6 Å². The normalized spacial score (nSPS) is 21.2. The van der Waals surface area contributed by atoms with Crippen LogP contribution in [0.5, 0.6) is 0 Å². The molecule has 0 bridgehead atoms. The number of hydrogen-bond acceptors (Lipinski definition) is 0. The van der Waals surface area contributed by atoms with Crippen LogP contribution < -0.4 is 0 Å². The Morgan fingerprint density at radius 3 is 2.06 bits per heavy atom. The van der Waals surface area contributed by atoms with Gasteiger partial charge in [0.1, 0.15) is 0 Å². The van der Waals surface area contributed by atoms with Crippen LogP contribution in [0.15, 0.2) is 46.1 Å². The smallest absolute Gasteiger partial charge is 0.00767 e. The van der Waals surface area contributed by atoms with Crippen LogP contribution in [-0.4, -0.2) is 0 Å². The van der Waals surface area contributed by atoms with E-state index >= 15 is 0 Å². The van der Waals surface area contributed by atoms with E-state index in [4.69, 9.17) is 0 Å². The predicted octanol–water partition coefficient (Wildman–Crippen LogP) is 4.96. The highest BCUT2D eigenvalue weighted by Crippen LogP contribution is 2.45. The summed E-state index contributed by atoms with van der Waals surface area (Å²) in [6, 6.07) is 0. The highest BCUT2D eigenvalue weighted by atomic mass is 14.3. The lowest BCUT2D eigenvalue weighted by Gasteiger charge is -2.29. The van der Waals surface area contributed by atoms with Crippen molar-refractivity contribution in [3.8, 4) is 0 Å². The summed E-state index contributed by atoms with van der Waals surface area (Å²) in [6.45, 7) is 11.4. The van der Waals surface area contributed by atoms with E-state index < -0.39 is 0 Å². The summed E-state index contributed by atoms with van der Waals surface area (Å²) in [7, 11) is 0. The first-order chi connectivity index (χ1) is 7.41. The zero-order valence-electron chi connectivity index (χ0n) is 11.1. The van der Waals surface area contributed by atoms with Crippen LogP contribution in [0.1, 0.15) is 47.5 Å². The number of allylic oxidation sites excluding steroid dienone is 8. The average Bonchev–Trinajstić information content (AvgIpc) is 2.75. The van der Waals surface area contributed by atoms with Gasteiger partial charge in [-0.25, -0.2) is 0 Å². The molecular weight excluding hydrogens is 192 g/mol. The van der Waals surface area contributed by atoms with Crippen LogP contribution in [0.3, 0.4) is 0 Å². The van der Waals surface area contributed by atoms with Crippen LogP contribution in [-0.2, 0) is 0 Å². The molecule has 0 aromatic carbocycles. The topological polar surface area (TPSA) is 0 Å². The monoisotopic (exact) mass is 214 g/mol. The summed E-state index contributed by atoms with van der Waals surface area (Å²) in [5.41, 5.74) is 7.86. The Kier molecular flexibility index (Phi) is 2.69. The lowest BCUT2D eigenvalue weighted by molar-refractivity contribution is 0.518. The molecule has 2 aliphatic carbocycles. The Morgan fingerprint density at radius 2 is 1.62 bits per heavy atom. The fraction of sp³-hybridized carbons (Fsp3) is 0.500. The summed E-state index contributed by atoms with van der Waals surface area (Å²) in [6.07, 6.45) is 9.29. The Balaban J connectivity index is 2.20. The molecule has 2 rings (SSSR count). The van der Waals surface area contributed by atoms with Crippen LogP contribution in [0.2, 0.25) is 0 Å². The van der Waals surface area contributed by atoms with E-state index in [2.05, 4.69) is 52.8 Å². The van der Waals surface area contributed by atoms with Gasteiger partial charge in [-0.2, -0.15) is 0 Å². The zero-order chi connectivity index (χ0) is 11.9. The molecule has 86 valence electrons. The molecular formula is C16H22. The van der Waals surface area contributed by atoms with Gasteiger partial charge in [0.15, 0.2) is 0 Å². The minimum absolute atomic E-state index is 0.229. The van der Waals surface area contributed by atoms with Gasteiger partial charge in [0.05, 0.1) is 0 Å². The molecule has 16 heavy (non-hydrogen) atoms. The highest BCUT2D eigenvalue weighted by molar-refractivity contribution is 5.46. The Labute approximate surface area is 99.4 Å². The maximum atomic E-state index is 2.39. The van der Waals surface area contributed by atoms with Crippen molar-refractivity contribution in [2.75, 3.05) is 0 Å². The van der Waals surface area contributed by atoms with Gasteiger partial charge < -0.3 is 0 Å². The third kappa shape index (κ3) is 1.81. The van der Waals surface area contributed by atoms with E-state index in [1.807, 2.05) is 0 Å². The van der Waals surface area contributed by atoms with Crippen LogP contribution in [0, 0.1) is 5.41 Å². The SMILES string of the molecule is CC1=CC=C(C(C)(C)C2=CC(C)=C(C)C2)C1. The molecule has 0 aromatic heterocycles. The van der Waals surface area contributed by atoms with Crippen LogP contribution in [0.4, 0.5) is 0 Å². The van der Waals surface area contributed by atoms with Gasteiger partial charge in [-0.15, -0.1) is 0 Å². The average molecular weight is 214 g/mol. The van der Waals surface area contributed by atoms with Crippen molar-refractivity contribution >= 4 is 0 Å². The van der Waals surface area contributed by atoms with Crippen molar-refractivity contribution in [2.24, 2.45) is 5.41 Å². The lowest BCUT2D eigenvalue weighted by atomic mass is 9.75. The fourth-order valence-corrected chi connectivity index (χ4v) is 2.56. The van der Waals surface area contributed by atoms with E-state index in [0.717, 1.165) is 12.8 Å². The molecule has 0 spiro atoms.